The van der Waals surface area contributed by atoms with Crippen molar-refractivity contribution in [2.75, 3.05) is 25.0 Å². The molecule has 0 aliphatic carbocycles. The molecule has 1 fully saturated rings. The molecule has 3 aromatic carbocycles. The number of likely N-dealkylation sites (tertiary alicyclic amines) is 1. The van der Waals surface area contributed by atoms with E-state index >= 15 is 0 Å². The molecule has 0 radical (unpaired) electrons. The van der Waals surface area contributed by atoms with E-state index < -0.39 is 0 Å². The molecule has 1 aliphatic heterocycles. The minimum absolute atomic E-state index is 0.149. The molecular formula is C30H32N4O. The molecule has 1 aliphatic rings. The van der Waals surface area contributed by atoms with Crippen molar-refractivity contribution < 1.29 is 4.79 Å². The Morgan fingerprint density at radius 2 is 1.63 bits per heavy atom. The highest BCUT2D eigenvalue weighted by molar-refractivity contribution is 6.00. The SMILES string of the molecule is Cc1cc(NC(=O)NC2CCN(CCC(c3ccccc3)c3ccccc3)C2)c2ccccc2n1. The number of hydrogen-bond acceptors (Lipinski definition) is 3. The van der Waals surface area contributed by atoms with E-state index in [4.69, 9.17) is 0 Å². The number of aromatic nitrogens is 1. The molecule has 1 saturated heterocycles. The van der Waals surface area contributed by atoms with Crippen molar-refractivity contribution in [3.8, 4) is 0 Å². The van der Waals surface area contributed by atoms with Gasteiger partial charge in [0.1, 0.15) is 0 Å². The number of amides is 2. The van der Waals surface area contributed by atoms with Crippen LogP contribution in [0.5, 0.6) is 0 Å². The maximum Gasteiger partial charge on any atom is 0.319 e. The summed E-state index contributed by atoms with van der Waals surface area (Å²) in [5.41, 5.74) is 5.28. The fraction of sp³-hybridized carbons (Fsp3) is 0.267. The second kappa shape index (κ2) is 10.7. The predicted octanol–water partition coefficient (Wildman–Crippen LogP) is 5.96. The van der Waals surface area contributed by atoms with Crippen molar-refractivity contribution in [2.45, 2.75) is 31.7 Å². The molecule has 0 saturated carbocycles. The number of benzene rings is 3. The molecule has 0 spiro atoms. The molecule has 2 N–H and O–H groups in total. The van der Waals surface area contributed by atoms with Crippen LogP contribution in [0, 0.1) is 6.92 Å². The molecule has 5 rings (SSSR count). The van der Waals surface area contributed by atoms with Gasteiger partial charge >= 0.3 is 6.03 Å². The second-order valence-electron chi connectivity index (χ2n) is 9.38. The summed E-state index contributed by atoms with van der Waals surface area (Å²) in [5.74, 6) is 0.371. The van der Waals surface area contributed by atoms with Gasteiger partial charge in [-0.15, -0.1) is 0 Å². The Balaban J connectivity index is 1.18. The zero-order valence-electron chi connectivity index (χ0n) is 20.2. The lowest BCUT2D eigenvalue weighted by Gasteiger charge is -2.22. The topological polar surface area (TPSA) is 57.3 Å². The summed E-state index contributed by atoms with van der Waals surface area (Å²) in [5, 5.41) is 7.19. The van der Waals surface area contributed by atoms with E-state index in [1.165, 1.54) is 11.1 Å². The summed E-state index contributed by atoms with van der Waals surface area (Å²) < 4.78 is 0. The largest absolute Gasteiger partial charge is 0.334 e. The molecule has 0 bridgehead atoms. The van der Waals surface area contributed by atoms with Crippen molar-refractivity contribution in [2.24, 2.45) is 0 Å². The molecule has 1 unspecified atom stereocenters. The molecule has 1 aromatic heterocycles. The average Bonchev–Trinajstić information content (AvgIpc) is 3.32. The van der Waals surface area contributed by atoms with Crippen LogP contribution in [0.1, 0.15) is 35.6 Å². The highest BCUT2D eigenvalue weighted by atomic mass is 16.2. The van der Waals surface area contributed by atoms with Crippen LogP contribution in [-0.4, -0.2) is 41.6 Å². The van der Waals surface area contributed by atoms with Crippen LogP contribution in [0.4, 0.5) is 10.5 Å². The lowest BCUT2D eigenvalue weighted by Crippen LogP contribution is -2.40. The predicted molar refractivity (Wildman–Crippen MR) is 143 cm³/mol. The van der Waals surface area contributed by atoms with E-state index in [1.54, 1.807) is 0 Å². The van der Waals surface area contributed by atoms with Crippen LogP contribution in [-0.2, 0) is 0 Å². The number of rotatable bonds is 7. The molecule has 2 heterocycles. The molecule has 2 amide bonds. The summed E-state index contributed by atoms with van der Waals surface area (Å²) in [6, 6.07) is 31.3. The monoisotopic (exact) mass is 464 g/mol. The van der Waals surface area contributed by atoms with E-state index in [9.17, 15) is 4.79 Å². The maximum atomic E-state index is 12.8. The Morgan fingerprint density at radius 3 is 2.34 bits per heavy atom. The van der Waals surface area contributed by atoms with Gasteiger partial charge in [0, 0.05) is 36.1 Å². The van der Waals surface area contributed by atoms with Crippen molar-refractivity contribution >= 4 is 22.6 Å². The number of nitrogens with one attached hydrogen (secondary N) is 2. The van der Waals surface area contributed by atoms with Gasteiger partial charge in [0.2, 0.25) is 0 Å². The Morgan fingerprint density at radius 1 is 0.971 bits per heavy atom. The number of aryl methyl sites for hydroxylation is 1. The minimum Gasteiger partial charge on any atom is -0.334 e. The number of anilines is 1. The number of fused-ring (bicyclic) bond motifs is 1. The van der Waals surface area contributed by atoms with E-state index in [-0.39, 0.29) is 12.1 Å². The van der Waals surface area contributed by atoms with E-state index in [1.807, 2.05) is 37.3 Å². The van der Waals surface area contributed by atoms with Crippen molar-refractivity contribution in [3.05, 3.63) is 108 Å². The van der Waals surface area contributed by atoms with Gasteiger partial charge in [-0.2, -0.15) is 0 Å². The number of carbonyl (C=O) groups is 1. The number of hydrogen-bond donors (Lipinski definition) is 2. The molecular weight excluding hydrogens is 432 g/mol. The Labute approximate surface area is 207 Å². The van der Waals surface area contributed by atoms with Gasteiger partial charge in [-0.05, 0) is 49.6 Å². The first-order valence-corrected chi connectivity index (χ1v) is 12.4. The summed E-state index contributed by atoms with van der Waals surface area (Å²) in [4.78, 5) is 19.8. The normalized spacial score (nSPS) is 16.0. The average molecular weight is 465 g/mol. The second-order valence-corrected chi connectivity index (χ2v) is 9.38. The Hall–Kier alpha value is -3.70. The van der Waals surface area contributed by atoms with Crippen molar-refractivity contribution in [1.82, 2.24) is 15.2 Å². The third kappa shape index (κ3) is 5.69. The number of nitrogens with zero attached hydrogens (tertiary/aromatic N) is 2. The van der Waals surface area contributed by atoms with Crippen molar-refractivity contribution in [1.29, 1.82) is 0 Å². The summed E-state index contributed by atoms with van der Waals surface area (Å²) in [6.45, 7) is 4.82. The molecule has 1 atom stereocenters. The molecule has 4 aromatic rings. The van der Waals surface area contributed by atoms with E-state index in [0.29, 0.717) is 5.92 Å². The van der Waals surface area contributed by atoms with Crippen LogP contribution in [0.25, 0.3) is 10.9 Å². The van der Waals surface area contributed by atoms with Gasteiger partial charge in [0.05, 0.1) is 11.2 Å². The summed E-state index contributed by atoms with van der Waals surface area (Å²) in [7, 11) is 0. The van der Waals surface area contributed by atoms with Gasteiger partial charge < -0.3 is 15.5 Å². The van der Waals surface area contributed by atoms with Crippen LogP contribution >= 0.6 is 0 Å². The van der Waals surface area contributed by atoms with Gasteiger partial charge in [-0.1, -0.05) is 78.9 Å². The van der Waals surface area contributed by atoms with Crippen molar-refractivity contribution in [3.63, 3.8) is 0 Å². The quantitative estimate of drug-likeness (QED) is 0.355. The van der Waals surface area contributed by atoms with Gasteiger partial charge in [-0.3, -0.25) is 4.98 Å². The number of carbonyl (C=O) groups excluding carboxylic acids is 1. The highest BCUT2D eigenvalue weighted by Gasteiger charge is 2.25. The molecule has 35 heavy (non-hydrogen) atoms. The number of pyridine rings is 1. The number of para-hydroxylation sites is 1. The van der Waals surface area contributed by atoms with Crippen LogP contribution < -0.4 is 10.6 Å². The van der Waals surface area contributed by atoms with Crippen LogP contribution in [0.15, 0.2) is 91.0 Å². The summed E-state index contributed by atoms with van der Waals surface area (Å²) >= 11 is 0. The van der Waals surface area contributed by atoms with Crippen LogP contribution in [0.2, 0.25) is 0 Å². The molecule has 178 valence electrons. The zero-order valence-corrected chi connectivity index (χ0v) is 20.2. The third-order valence-electron chi connectivity index (χ3n) is 6.84. The minimum atomic E-state index is -0.154. The van der Waals surface area contributed by atoms with E-state index in [2.05, 4.69) is 81.2 Å². The molecule has 5 nitrogen and oxygen atoms in total. The lowest BCUT2D eigenvalue weighted by molar-refractivity contribution is 0.247. The fourth-order valence-corrected chi connectivity index (χ4v) is 5.12. The fourth-order valence-electron chi connectivity index (χ4n) is 5.12. The smallest absolute Gasteiger partial charge is 0.319 e. The first-order chi connectivity index (χ1) is 17.2. The Bertz CT molecular complexity index is 1240. The zero-order chi connectivity index (χ0) is 24.0. The number of urea groups is 1. The third-order valence-corrected chi connectivity index (χ3v) is 6.84. The van der Waals surface area contributed by atoms with E-state index in [0.717, 1.165) is 54.8 Å². The lowest BCUT2D eigenvalue weighted by atomic mass is 9.88. The highest BCUT2D eigenvalue weighted by Crippen LogP contribution is 2.29. The summed E-state index contributed by atoms with van der Waals surface area (Å²) in [6.07, 6.45) is 2.01. The Kier molecular flexibility index (Phi) is 7.05. The van der Waals surface area contributed by atoms with Crippen LogP contribution in [0.3, 0.4) is 0 Å². The van der Waals surface area contributed by atoms with Gasteiger partial charge in [0.15, 0.2) is 0 Å². The standard InChI is InChI=1S/C30H32N4O/c1-22-20-29(27-14-8-9-15-28(27)31-22)33-30(35)32-25-16-18-34(21-25)19-17-26(23-10-4-2-5-11-23)24-12-6-3-7-13-24/h2-15,20,25-26H,16-19,21H2,1H3,(H2,31,32,33,35). The maximum absolute atomic E-state index is 12.8. The van der Waals surface area contributed by atoms with Gasteiger partial charge in [0.25, 0.3) is 0 Å². The first-order valence-electron chi connectivity index (χ1n) is 12.4. The first kappa shape index (κ1) is 23.1. The van der Waals surface area contributed by atoms with Gasteiger partial charge in [-0.25, -0.2) is 4.79 Å². The molecule has 5 heteroatoms.